The van der Waals surface area contributed by atoms with Gasteiger partial charge >= 0.3 is 16.4 Å². The van der Waals surface area contributed by atoms with E-state index in [-0.39, 0.29) is 6.54 Å². The Morgan fingerprint density at radius 2 is 2.16 bits per heavy atom. The molecule has 3 aliphatic rings. The highest BCUT2D eigenvalue weighted by Crippen LogP contribution is 2.30. The lowest BCUT2D eigenvalue weighted by Crippen LogP contribution is -2.50. The van der Waals surface area contributed by atoms with Crippen LogP contribution in [0.3, 0.4) is 0 Å². The van der Waals surface area contributed by atoms with Crippen LogP contribution in [0, 0.1) is 5.92 Å². The lowest BCUT2D eigenvalue weighted by Gasteiger charge is -2.29. The topological polar surface area (TPSA) is 138 Å². The predicted molar refractivity (Wildman–Crippen MR) is 83.1 cm³/mol. The second-order valence-electron chi connectivity index (χ2n) is 6.50. The van der Waals surface area contributed by atoms with Crippen LogP contribution in [0.1, 0.15) is 25.7 Å². The fourth-order valence-corrected chi connectivity index (χ4v) is 3.86. The number of carbonyl (C=O) groups excluding carboxylic acids is 2. The summed E-state index contributed by atoms with van der Waals surface area (Å²) in [5, 5.41) is 3.86. The van der Waals surface area contributed by atoms with Gasteiger partial charge in [0.2, 0.25) is 0 Å². The van der Waals surface area contributed by atoms with E-state index in [1.165, 1.54) is 4.90 Å². The molecule has 3 rings (SSSR count). The second-order valence-corrected chi connectivity index (χ2v) is 7.50. The molecule has 0 spiro atoms. The van der Waals surface area contributed by atoms with E-state index in [2.05, 4.69) is 15.1 Å². The van der Waals surface area contributed by atoms with Gasteiger partial charge in [0, 0.05) is 13.1 Å². The number of amides is 3. The molecule has 0 aliphatic carbocycles. The normalized spacial score (nSPS) is 29.8. The first-order chi connectivity index (χ1) is 11.8. The zero-order valence-corrected chi connectivity index (χ0v) is 14.4. The summed E-state index contributed by atoms with van der Waals surface area (Å²) < 4.78 is 34.8. The number of fused-ring (bicyclic) bond motifs is 2. The van der Waals surface area contributed by atoms with Gasteiger partial charge in [0.05, 0.1) is 12.6 Å². The van der Waals surface area contributed by atoms with Crippen LogP contribution in [0.4, 0.5) is 4.79 Å². The summed E-state index contributed by atoms with van der Waals surface area (Å²) in [7, 11) is -4.80. The molecule has 3 aliphatic heterocycles. The van der Waals surface area contributed by atoms with E-state index in [1.54, 1.807) is 0 Å². The van der Waals surface area contributed by atoms with E-state index in [4.69, 9.17) is 9.39 Å². The quantitative estimate of drug-likeness (QED) is 0.397. The molecule has 1 unspecified atom stereocenters. The van der Waals surface area contributed by atoms with Crippen molar-refractivity contribution in [2.45, 2.75) is 37.8 Å². The summed E-state index contributed by atoms with van der Waals surface area (Å²) in [6.45, 7) is 2.37. The van der Waals surface area contributed by atoms with E-state index in [0.717, 1.165) is 25.9 Å². The minimum atomic E-state index is -4.80. The van der Waals surface area contributed by atoms with Gasteiger partial charge in [-0.1, -0.05) is 0 Å². The SMILES string of the molecule is O=C(NOCC1CCCNC1)[C@@H]1CC[C@@H]2CN1C(=O)N2OS(=O)(=O)O. The Kier molecular flexibility index (Phi) is 5.43. The molecule has 3 fully saturated rings. The minimum Gasteiger partial charge on any atom is -0.316 e. The average molecular weight is 378 g/mol. The molecule has 0 aromatic rings. The Hall–Kier alpha value is -1.47. The maximum Gasteiger partial charge on any atom is 0.418 e. The van der Waals surface area contributed by atoms with Gasteiger partial charge in [-0.05, 0) is 38.1 Å². The third-order valence-corrected chi connectivity index (χ3v) is 5.04. The predicted octanol–water partition coefficient (Wildman–Crippen LogP) is -0.963. The summed E-state index contributed by atoms with van der Waals surface area (Å²) in [6.07, 6.45) is 2.82. The molecule has 3 heterocycles. The van der Waals surface area contributed by atoms with Crippen molar-refractivity contribution in [3.8, 4) is 0 Å². The van der Waals surface area contributed by atoms with Crippen LogP contribution in [0.5, 0.6) is 0 Å². The zero-order chi connectivity index (χ0) is 18.0. The van der Waals surface area contributed by atoms with E-state index < -0.39 is 34.4 Å². The Labute approximate surface area is 145 Å². The molecule has 3 N–H and O–H groups in total. The Bertz CT molecular complexity index is 622. The molecular formula is C13H22N4O7S. The minimum absolute atomic E-state index is 0.152. The van der Waals surface area contributed by atoms with Crippen LogP contribution in [-0.2, 0) is 24.3 Å². The van der Waals surface area contributed by atoms with Gasteiger partial charge in [-0.3, -0.25) is 14.2 Å². The first-order valence-corrected chi connectivity index (χ1v) is 9.61. The molecular weight excluding hydrogens is 356 g/mol. The number of hydroxylamine groups is 3. The third kappa shape index (κ3) is 4.39. The van der Waals surface area contributed by atoms with Gasteiger partial charge in [-0.2, -0.15) is 13.5 Å². The summed E-state index contributed by atoms with van der Waals surface area (Å²) in [5.74, 6) is -0.124. The monoisotopic (exact) mass is 378 g/mol. The van der Waals surface area contributed by atoms with Crippen LogP contribution in [0.25, 0.3) is 0 Å². The largest absolute Gasteiger partial charge is 0.418 e. The van der Waals surface area contributed by atoms with Gasteiger partial charge in [0.25, 0.3) is 5.91 Å². The van der Waals surface area contributed by atoms with Crippen molar-refractivity contribution >= 4 is 22.3 Å². The summed E-state index contributed by atoms with van der Waals surface area (Å²) in [4.78, 5) is 31.0. The maximum atomic E-state index is 12.3. The number of urea groups is 1. The van der Waals surface area contributed by atoms with Gasteiger partial charge in [-0.15, -0.1) is 4.28 Å². The van der Waals surface area contributed by atoms with Crippen LogP contribution in [0.15, 0.2) is 0 Å². The van der Waals surface area contributed by atoms with Crippen molar-refractivity contribution < 1.29 is 31.7 Å². The molecule has 0 aromatic heterocycles. The number of hydrogen-bond acceptors (Lipinski definition) is 7. The van der Waals surface area contributed by atoms with Crippen LogP contribution in [0.2, 0.25) is 0 Å². The molecule has 0 saturated carbocycles. The van der Waals surface area contributed by atoms with Crippen molar-refractivity contribution in [1.82, 2.24) is 20.8 Å². The Balaban J connectivity index is 1.51. The number of rotatable bonds is 6. The number of carbonyl (C=O) groups is 2. The summed E-state index contributed by atoms with van der Waals surface area (Å²) in [5.41, 5.74) is 2.38. The first kappa shape index (κ1) is 18.3. The van der Waals surface area contributed by atoms with Gasteiger partial charge in [0.1, 0.15) is 6.04 Å². The molecule has 0 radical (unpaired) electrons. The maximum absolute atomic E-state index is 12.3. The van der Waals surface area contributed by atoms with Crippen LogP contribution < -0.4 is 10.8 Å². The van der Waals surface area contributed by atoms with Gasteiger partial charge in [-0.25, -0.2) is 10.3 Å². The fraction of sp³-hybridized carbons (Fsp3) is 0.846. The smallest absolute Gasteiger partial charge is 0.316 e. The summed E-state index contributed by atoms with van der Waals surface area (Å²) >= 11 is 0. The van der Waals surface area contributed by atoms with Crippen molar-refractivity contribution in [3.05, 3.63) is 0 Å². The Morgan fingerprint density at radius 3 is 2.84 bits per heavy atom. The van der Waals surface area contributed by atoms with Crippen molar-refractivity contribution in [3.63, 3.8) is 0 Å². The molecule has 2 bridgehead atoms. The standard InChI is InChI=1S/C13H22N4O7S/c18-12(15-23-8-9-2-1-5-14-6-9)11-4-3-10-7-16(11)13(19)17(10)24-25(20,21)22/h9-11,14H,1-8H2,(H,15,18)(H,20,21,22)/t9?,10-,11+/m1/s1. The van der Waals surface area contributed by atoms with Crippen molar-refractivity contribution in [1.29, 1.82) is 0 Å². The van der Waals surface area contributed by atoms with Gasteiger partial charge < -0.3 is 10.2 Å². The Morgan fingerprint density at radius 1 is 1.36 bits per heavy atom. The number of hydrogen-bond donors (Lipinski definition) is 3. The molecule has 3 atom stereocenters. The zero-order valence-electron chi connectivity index (χ0n) is 13.6. The molecule has 0 aromatic carbocycles. The lowest BCUT2D eigenvalue weighted by molar-refractivity contribution is -0.140. The highest BCUT2D eigenvalue weighted by Gasteiger charge is 2.49. The van der Waals surface area contributed by atoms with Crippen LogP contribution in [-0.4, -0.2) is 73.2 Å². The number of nitrogens with one attached hydrogen (secondary N) is 2. The molecule has 142 valence electrons. The average Bonchev–Trinajstić information content (AvgIpc) is 2.79. The highest BCUT2D eigenvalue weighted by atomic mass is 32.3. The van der Waals surface area contributed by atoms with Crippen molar-refractivity contribution in [2.75, 3.05) is 26.2 Å². The lowest BCUT2D eigenvalue weighted by atomic mass is 10.0. The molecule has 25 heavy (non-hydrogen) atoms. The second kappa shape index (κ2) is 7.41. The number of piperidine rings is 2. The molecule has 3 saturated heterocycles. The molecule has 11 nitrogen and oxygen atoms in total. The van der Waals surface area contributed by atoms with E-state index in [1.807, 2.05) is 0 Å². The summed E-state index contributed by atoms with van der Waals surface area (Å²) in [6, 6.07) is -2.05. The third-order valence-electron chi connectivity index (χ3n) is 4.69. The van der Waals surface area contributed by atoms with Crippen LogP contribution >= 0.6 is 0 Å². The highest BCUT2D eigenvalue weighted by molar-refractivity contribution is 7.80. The van der Waals surface area contributed by atoms with Crippen molar-refractivity contribution in [2.24, 2.45) is 5.92 Å². The fourth-order valence-electron chi connectivity index (χ4n) is 3.47. The first-order valence-electron chi connectivity index (χ1n) is 8.24. The van der Waals surface area contributed by atoms with E-state index >= 15 is 0 Å². The van der Waals surface area contributed by atoms with E-state index in [0.29, 0.717) is 30.4 Å². The van der Waals surface area contributed by atoms with E-state index in [9.17, 15) is 18.0 Å². The molecule has 3 amide bonds. The number of nitrogens with zero attached hydrogens (tertiary/aromatic N) is 2. The molecule has 12 heteroatoms. The van der Waals surface area contributed by atoms with Gasteiger partial charge in [0.15, 0.2) is 0 Å².